The largest absolute Gasteiger partial charge is 0.316 e. The van der Waals surface area contributed by atoms with E-state index in [9.17, 15) is 0 Å². The smallest absolute Gasteiger partial charge is 0.0931 e. The first-order chi connectivity index (χ1) is 6.84. The summed E-state index contributed by atoms with van der Waals surface area (Å²) < 4.78 is 0.918. The standard InChI is InChI=1S/C11H16ClNS/c12-11-6-10(8-14-11)5-9-3-1-2-4-13-7-9/h6,8-9,13H,1-5,7H2. The van der Waals surface area contributed by atoms with E-state index in [1.54, 1.807) is 11.3 Å². The maximum atomic E-state index is 5.91. The summed E-state index contributed by atoms with van der Waals surface area (Å²) >= 11 is 7.56. The van der Waals surface area contributed by atoms with Gasteiger partial charge in [-0.1, -0.05) is 18.0 Å². The molecule has 0 bridgehead atoms. The van der Waals surface area contributed by atoms with E-state index in [0.717, 1.165) is 10.3 Å². The van der Waals surface area contributed by atoms with Crippen molar-refractivity contribution in [3.63, 3.8) is 0 Å². The predicted molar refractivity (Wildman–Crippen MR) is 63.2 cm³/mol. The van der Waals surface area contributed by atoms with Crippen LogP contribution in [0.1, 0.15) is 24.8 Å². The van der Waals surface area contributed by atoms with Gasteiger partial charge in [-0.05, 0) is 55.3 Å². The third-order valence-corrected chi connectivity index (χ3v) is 3.94. The van der Waals surface area contributed by atoms with E-state index in [-0.39, 0.29) is 0 Å². The minimum atomic E-state index is 0.808. The molecule has 2 heterocycles. The average Bonchev–Trinajstić information content (AvgIpc) is 2.43. The highest BCUT2D eigenvalue weighted by atomic mass is 35.5. The number of thiophene rings is 1. The highest BCUT2D eigenvalue weighted by Crippen LogP contribution is 2.24. The monoisotopic (exact) mass is 229 g/mol. The summed E-state index contributed by atoms with van der Waals surface area (Å²) in [4.78, 5) is 0. The topological polar surface area (TPSA) is 12.0 Å². The second-order valence-corrected chi connectivity index (χ2v) is 5.57. The first-order valence-electron chi connectivity index (χ1n) is 5.28. The lowest BCUT2D eigenvalue weighted by atomic mass is 9.97. The van der Waals surface area contributed by atoms with Gasteiger partial charge >= 0.3 is 0 Å². The molecule has 1 aliphatic rings. The van der Waals surface area contributed by atoms with Crippen molar-refractivity contribution < 1.29 is 0 Å². The van der Waals surface area contributed by atoms with Gasteiger partial charge in [0.15, 0.2) is 0 Å². The van der Waals surface area contributed by atoms with Crippen LogP contribution in [0.3, 0.4) is 0 Å². The fourth-order valence-corrected chi connectivity index (χ4v) is 2.97. The van der Waals surface area contributed by atoms with Gasteiger partial charge in [0.2, 0.25) is 0 Å². The Hall–Kier alpha value is -0.0500. The maximum absolute atomic E-state index is 5.91. The van der Waals surface area contributed by atoms with Crippen LogP contribution in [0.25, 0.3) is 0 Å². The van der Waals surface area contributed by atoms with Crippen LogP contribution in [0.2, 0.25) is 4.34 Å². The number of nitrogens with one attached hydrogen (secondary N) is 1. The van der Waals surface area contributed by atoms with Crippen molar-refractivity contribution in [3.8, 4) is 0 Å². The zero-order valence-corrected chi connectivity index (χ0v) is 9.83. The lowest BCUT2D eigenvalue weighted by Crippen LogP contribution is -2.21. The van der Waals surface area contributed by atoms with Crippen molar-refractivity contribution in [1.29, 1.82) is 0 Å². The highest BCUT2D eigenvalue weighted by molar-refractivity contribution is 7.14. The van der Waals surface area contributed by atoms with Gasteiger partial charge in [0, 0.05) is 0 Å². The van der Waals surface area contributed by atoms with Crippen molar-refractivity contribution in [2.24, 2.45) is 5.92 Å². The quantitative estimate of drug-likeness (QED) is 0.821. The zero-order chi connectivity index (χ0) is 9.80. The van der Waals surface area contributed by atoms with Crippen LogP contribution in [-0.2, 0) is 6.42 Å². The molecule has 3 heteroatoms. The van der Waals surface area contributed by atoms with E-state index >= 15 is 0 Å². The van der Waals surface area contributed by atoms with Crippen molar-refractivity contribution in [2.75, 3.05) is 13.1 Å². The van der Waals surface area contributed by atoms with E-state index in [1.165, 1.54) is 44.3 Å². The Morgan fingerprint density at radius 2 is 2.43 bits per heavy atom. The Labute approximate surface area is 94.5 Å². The van der Waals surface area contributed by atoms with Gasteiger partial charge in [-0.2, -0.15) is 0 Å². The number of hydrogen-bond donors (Lipinski definition) is 1. The minimum absolute atomic E-state index is 0.808. The molecule has 1 aliphatic heterocycles. The molecule has 1 aromatic heterocycles. The first kappa shape index (κ1) is 10.5. The molecule has 1 aromatic rings. The van der Waals surface area contributed by atoms with Crippen molar-refractivity contribution in [1.82, 2.24) is 5.32 Å². The van der Waals surface area contributed by atoms with Crippen LogP contribution in [0.15, 0.2) is 11.4 Å². The molecule has 0 aliphatic carbocycles. The van der Waals surface area contributed by atoms with Crippen LogP contribution in [0, 0.1) is 5.92 Å². The van der Waals surface area contributed by atoms with Crippen LogP contribution >= 0.6 is 22.9 Å². The van der Waals surface area contributed by atoms with Crippen LogP contribution in [-0.4, -0.2) is 13.1 Å². The number of hydrogen-bond acceptors (Lipinski definition) is 2. The van der Waals surface area contributed by atoms with Crippen molar-refractivity contribution in [2.45, 2.75) is 25.7 Å². The fourth-order valence-electron chi connectivity index (χ4n) is 2.05. The molecule has 2 rings (SSSR count). The lowest BCUT2D eigenvalue weighted by molar-refractivity contribution is 0.478. The summed E-state index contributed by atoms with van der Waals surface area (Å²) in [6.45, 7) is 2.37. The minimum Gasteiger partial charge on any atom is -0.316 e. The van der Waals surface area contributed by atoms with Crippen LogP contribution < -0.4 is 5.32 Å². The SMILES string of the molecule is Clc1cc(CC2CCCCNC2)cs1. The summed E-state index contributed by atoms with van der Waals surface area (Å²) in [6, 6.07) is 2.11. The third-order valence-electron chi connectivity index (χ3n) is 2.80. The Morgan fingerprint density at radius 1 is 1.50 bits per heavy atom. The molecule has 0 saturated carbocycles. The molecular weight excluding hydrogens is 214 g/mol. The molecule has 1 N–H and O–H groups in total. The molecule has 1 saturated heterocycles. The van der Waals surface area contributed by atoms with E-state index in [1.807, 2.05) is 0 Å². The van der Waals surface area contributed by atoms with E-state index in [2.05, 4.69) is 16.8 Å². The Bertz CT molecular complexity index is 277. The highest BCUT2D eigenvalue weighted by Gasteiger charge is 2.12. The van der Waals surface area contributed by atoms with Gasteiger partial charge in [-0.15, -0.1) is 11.3 Å². The molecule has 1 atom stereocenters. The molecule has 0 radical (unpaired) electrons. The van der Waals surface area contributed by atoms with Gasteiger partial charge < -0.3 is 5.32 Å². The normalized spacial score (nSPS) is 23.4. The number of halogens is 1. The summed E-state index contributed by atoms with van der Waals surface area (Å²) in [5.74, 6) is 0.808. The molecule has 1 nitrogen and oxygen atoms in total. The second-order valence-electron chi connectivity index (χ2n) is 4.03. The molecule has 14 heavy (non-hydrogen) atoms. The zero-order valence-electron chi connectivity index (χ0n) is 8.26. The maximum Gasteiger partial charge on any atom is 0.0931 e. The van der Waals surface area contributed by atoms with Crippen molar-refractivity contribution in [3.05, 3.63) is 21.3 Å². The fraction of sp³-hybridized carbons (Fsp3) is 0.636. The molecule has 1 unspecified atom stereocenters. The molecule has 78 valence electrons. The Balaban J connectivity index is 1.89. The van der Waals surface area contributed by atoms with Gasteiger partial charge in [-0.25, -0.2) is 0 Å². The van der Waals surface area contributed by atoms with E-state index < -0.39 is 0 Å². The van der Waals surface area contributed by atoms with Crippen molar-refractivity contribution >= 4 is 22.9 Å². The number of rotatable bonds is 2. The molecule has 1 fully saturated rings. The van der Waals surface area contributed by atoms with Crippen LogP contribution in [0.4, 0.5) is 0 Å². The van der Waals surface area contributed by atoms with Gasteiger partial charge in [0.1, 0.15) is 0 Å². The Morgan fingerprint density at radius 3 is 3.21 bits per heavy atom. The molecule has 0 spiro atoms. The predicted octanol–water partition coefficient (Wildman–Crippen LogP) is 3.33. The van der Waals surface area contributed by atoms with Crippen LogP contribution in [0.5, 0.6) is 0 Å². The summed E-state index contributed by atoms with van der Waals surface area (Å²) in [6.07, 6.45) is 5.26. The molecule has 0 aromatic carbocycles. The second kappa shape index (κ2) is 5.15. The van der Waals surface area contributed by atoms with Gasteiger partial charge in [-0.3, -0.25) is 0 Å². The van der Waals surface area contributed by atoms with E-state index in [0.29, 0.717) is 0 Å². The lowest BCUT2D eigenvalue weighted by Gasteiger charge is -2.12. The molecular formula is C11H16ClNS. The first-order valence-corrected chi connectivity index (χ1v) is 6.54. The Kier molecular flexibility index (Phi) is 3.85. The molecule has 0 amide bonds. The van der Waals surface area contributed by atoms with Gasteiger partial charge in [0.05, 0.1) is 4.34 Å². The average molecular weight is 230 g/mol. The van der Waals surface area contributed by atoms with E-state index in [4.69, 9.17) is 11.6 Å². The van der Waals surface area contributed by atoms with Gasteiger partial charge in [0.25, 0.3) is 0 Å². The summed E-state index contributed by atoms with van der Waals surface area (Å²) in [5.41, 5.74) is 1.41. The summed E-state index contributed by atoms with van der Waals surface area (Å²) in [7, 11) is 0. The third kappa shape index (κ3) is 2.97. The summed E-state index contributed by atoms with van der Waals surface area (Å²) in [5, 5.41) is 5.68.